The number of β-amino-alcohol motifs (C(OH)–C–C–N with tert-alkyl or cyclic N) is 1. The molecule has 2 rings (SSSR count). The molecule has 6 nitrogen and oxygen atoms in total. The van der Waals surface area contributed by atoms with Crippen LogP contribution in [0.5, 0.6) is 5.75 Å². The SMILES string of the molecule is CCOC(=O)N1CCN(C[C@@H](O)COc2ccccc2C(C)C)CC1. The molecule has 25 heavy (non-hydrogen) atoms. The van der Waals surface area contributed by atoms with Crippen molar-refractivity contribution in [2.45, 2.75) is 32.8 Å². The summed E-state index contributed by atoms with van der Waals surface area (Å²) in [6.45, 7) is 9.99. The highest BCUT2D eigenvalue weighted by Crippen LogP contribution is 2.25. The third kappa shape index (κ3) is 5.90. The summed E-state index contributed by atoms with van der Waals surface area (Å²) in [6.07, 6.45) is -0.814. The predicted molar refractivity (Wildman–Crippen MR) is 97.1 cm³/mol. The van der Waals surface area contributed by atoms with E-state index in [2.05, 4.69) is 24.8 Å². The summed E-state index contributed by atoms with van der Waals surface area (Å²) in [5.74, 6) is 1.22. The zero-order chi connectivity index (χ0) is 18.2. The monoisotopic (exact) mass is 350 g/mol. The number of nitrogens with zero attached hydrogens (tertiary/aromatic N) is 2. The van der Waals surface area contributed by atoms with Crippen molar-refractivity contribution in [1.29, 1.82) is 0 Å². The Morgan fingerprint density at radius 1 is 1.20 bits per heavy atom. The molecule has 0 bridgehead atoms. The predicted octanol–water partition coefficient (Wildman–Crippen LogP) is 2.32. The van der Waals surface area contributed by atoms with E-state index in [0.29, 0.717) is 32.2 Å². The molecule has 1 atom stereocenters. The minimum Gasteiger partial charge on any atom is -0.491 e. The lowest BCUT2D eigenvalue weighted by Crippen LogP contribution is -2.51. The second kappa shape index (κ2) is 9.63. The average molecular weight is 350 g/mol. The molecule has 1 aromatic carbocycles. The first-order valence-electron chi connectivity index (χ1n) is 9.05. The molecule has 140 valence electrons. The van der Waals surface area contributed by atoms with E-state index >= 15 is 0 Å². The maximum absolute atomic E-state index is 11.7. The molecule has 0 aliphatic carbocycles. The Labute approximate surface area is 150 Å². The van der Waals surface area contributed by atoms with Crippen molar-refractivity contribution < 1.29 is 19.4 Å². The fourth-order valence-electron chi connectivity index (χ4n) is 2.95. The molecule has 1 fully saturated rings. The summed E-state index contributed by atoms with van der Waals surface area (Å²) in [6, 6.07) is 7.95. The van der Waals surface area contributed by atoms with E-state index in [1.54, 1.807) is 4.90 Å². The number of rotatable bonds is 7. The maximum atomic E-state index is 11.7. The van der Waals surface area contributed by atoms with Crippen LogP contribution in [0.1, 0.15) is 32.3 Å². The van der Waals surface area contributed by atoms with Gasteiger partial charge in [0.25, 0.3) is 0 Å². The van der Waals surface area contributed by atoms with Gasteiger partial charge in [0.1, 0.15) is 18.5 Å². The number of benzene rings is 1. The fourth-order valence-corrected chi connectivity index (χ4v) is 2.95. The number of aliphatic hydroxyl groups excluding tert-OH is 1. The number of para-hydroxylation sites is 1. The normalized spacial score (nSPS) is 16.8. The Hall–Kier alpha value is -1.79. The van der Waals surface area contributed by atoms with Crippen molar-refractivity contribution in [3.63, 3.8) is 0 Å². The molecule has 1 N–H and O–H groups in total. The molecule has 1 amide bonds. The Balaban J connectivity index is 1.75. The van der Waals surface area contributed by atoms with Gasteiger partial charge in [-0.05, 0) is 24.5 Å². The van der Waals surface area contributed by atoms with E-state index < -0.39 is 6.10 Å². The number of piperazine rings is 1. The maximum Gasteiger partial charge on any atom is 0.409 e. The number of aliphatic hydroxyl groups is 1. The molecule has 1 aromatic rings. The zero-order valence-corrected chi connectivity index (χ0v) is 15.5. The van der Waals surface area contributed by atoms with Gasteiger partial charge in [0, 0.05) is 32.7 Å². The summed E-state index contributed by atoms with van der Waals surface area (Å²) in [5, 5.41) is 10.3. The third-order valence-electron chi connectivity index (χ3n) is 4.34. The number of carbonyl (C=O) groups is 1. The number of ether oxygens (including phenoxy) is 2. The molecule has 1 aliphatic rings. The van der Waals surface area contributed by atoms with Gasteiger partial charge in [-0.25, -0.2) is 4.79 Å². The molecule has 0 unspecified atom stereocenters. The molecule has 1 aliphatic heterocycles. The molecule has 0 aromatic heterocycles. The Morgan fingerprint density at radius 3 is 2.52 bits per heavy atom. The standard InChI is InChI=1S/C19H30N2O4/c1-4-24-19(23)21-11-9-20(10-12-21)13-16(22)14-25-18-8-6-5-7-17(18)15(2)3/h5-8,15-16,22H,4,9-14H2,1-3H3/t16-/m1/s1. The molecule has 1 heterocycles. The molecular formula is C19H30N2O4. The zero-order valence-electron chi connectivity index (χ0n) is 15.5. The minimum absolute atomic E-state index is 0.253. The second-order valence-electron chi connectivity index (χ2n) is 6.64. The Morgan fingerprint density at radius 2 is 1.88 bits per heavy atom. The Bertz CT molecular complexity index is 542. The van der Waals surface area contributed by atoms with Crippen molar-refractivity contribution in [2.75, 3.05) is 45.9 Å². The van der Waals surface area contributed by atoms with Crippen molar-refractivity contribution in [3.8, 4) is 5.75 Å². The lowest BCUT2D eigenvalue weighted by Gasteiger charge is -2.34. The van der Waals surface area contributed by atoms with Gasteiger partial charge < -0.3 is 19.5 Å². The summed E-state index contributed by atoms with van der Waals surface area (Å²) in [7, 11) is 0. The van der Waals surface area contributed by atoms with Crippen LogP contribution in [0.4, 0.5) is 4.79 Å². The molecular weight excluding hydrogens is 320 g/mol. The molecule has 0 spiro atoms. The van der Waals surface area contributed by atoms with Gasteiger partial charge in [-0.2, -0.15) is 0 Å². The lowest BCUT2D eigenvalue weighted by atomic mass is 10.0. The van der Waals surface area contributed by atoms with Crippen LogP contribution in [-0.4, -0.2) is 73.0 Å². The topological polar surface area (TPSA) is 62.2 Å². The van der Waals surface area contributed by atoms with Crippen LogP contribution in [0.25, 0.3) is 0 Å². The average Bonchev–Trinajstić information content (AvgIpc) is 2.61. The molecule has 1 saturated heterocycles. The van der Waals surface area contributed by atoms with Crippen LogP contribution < -0.4 is 4.74 Å². The molecule has 6 heteroatoms. The minimum atomic E-state index is -0.561. The quantitative estimate of drug-likeness (QED) is 0.818. The van der Waals surface area contributed by atoms with E-state index in [9.17, 15) is 9.90 Å². The van der Waals surface area contributed by atoms with E-state index in [0.717, 1.165) is 24.4 Å². The van der Waals surface area contributed by atoms with Gasteiger partial charge >= 0.3 is 6.09 Å². The van der Waals surface area contributed by atoms with Crippen molar-refractivity contribution in [1.82, 2.24) is 9.80 Å². The highest BCUT2D eigenvalue weighted by atomic mass is 16.6. The highest BCUT2D eigenvalue weighted by molar-refractivity contribution is 5.67. The number of amides is 1. The smallest absolute Gasteiger partial charge is 0.409 e. The summed E-state index contributed by atoms with van der Waals surface area (Å²) < 4.78 is 10.8. The first-order valence-corrected chi connectivity index (χ1v) is 9.05. The van der Waals surface area contributed by atoms with Gasteiger partial charge in [0.2, 0.25) is 0 Å². The number of hydrogen-bond donors (Lipinski definition) is 1. The van der Waals surface area contributed by atoms with Crippen molar-refractivity contribution in [2.24, 2.45) is 0 Å². The van der Waals surface area contributed by atoms with Crippen LogP contribution in [0, 0.1) is 0 Å². The van der Waals surface area contributed by atoms with E-state index in [4.69, 9.17) is 9.47 Å². The van der Waals surface area contributed by atoms with Gasteiger partial charge in [-0.3, -0.25) is 4.90 Å². The van der Waals surface area contributed by atoms with Crippen LogP contribution >= 0.6 is 0 Å². The van der Waals surface area contributed by atoms with E-state index in [1.807, 2.05) is 25.1 Å². The first-order chi connectivity index (χ1) is 12.0. The summed E-state index contributed by atoms with van der Waals surface area (Å²) in [4.78, 5) is 15.5. The summed E-state index contributed by atoms with van der Waals surface area (Å²) in [5.41, 5.74) is 1.15. The van der Waals surface area contributed by atoms with Crippen LogP contribution in [0.3, 0.4) is 0 Å². The number of hydrogen-bond acceptors (Lipinski definition) is 5. The third-order valence-corrected chi connectivity index (χ3v) is 4.34. The van der Waals surface area contributed by atoms with Gasteiger partial charge in [-0.15, -0.1) is 0 Å². The van der Waals surface area contributed by atoms with Crippen LogP contribution in [0.15, 0.2) is 24.3 Å². The fraction of sp³-hybridized carbons (Fsp3) is 0.632. The molecule has 0 saturated carbocycles. The molecule has 0 radical (unpaired) electrons. The largest absolute Gasteiger partial charge is 0.491 e. The van der Waals surface area contributed by atoms with Crippen LogP contribution in [0.2, 0.25) is 0 Å². The van der Waals surface area contributed by atoms with Gasteiger partial charge in [-0.1, -0.05) is 32.0 Å². The van der Waals surface area contributed by atoms with Gasteiger partial charge in [0.15, 0.2) is 0 Å². The van der Waals surface area contributed by atoms with Crippen molar-refractivity contribution in [3.05, 3.63) is 29.8 Å². The summed E-state index contributed by atoms with van der Waals surface area (Å²) >= 11 is 0. The van der Waals surface area contributed by atoms with Gasteiger partial charge in [0.05, 0.1) is 6.61 Å². The van der Waals surface area contributed by atoms with Crippen molar-refractivity contribution >= 4 is 6.09 Å². The van der Waals surface area contributed by atoms with E-state index in [-0.39, 0.29) is 12.7 Å². The lowest BCUT2D eigenvalue weighted by molar-refractivity contribution is 0.0405. The second-order valence-corrected chi connectivity index (χ2v) is 6.64. The van der Waals surface area contributed by atoms with E-state index in [1.165, 1.54) is 0 Å². The Kier molecular flexibility index (Phi) is 7.52. The van der Waals surface area contributed by atoms with Crippen LogP contribution in [-0.2, 0) is 4.74 Å². The number of carbonyl (C=O) groups excluding carboxylic acids is 1. The first kappa shape index (κ1) is 19.5. The highest BCUT2D eigenvalue weighted by Gasteiger charge is 2.23.